The van der Waals surface area contributed by atoms with Gasteiger partial charge in [0.25, 0.3) is 11.8 Å². The standard InChI is InChI=1S/C22H19Cl2N3O4/c1-12(27-21(30)15-9-17(23)18(24)10-16(15)22(27)31)20(29)25-14-5-2-4-13(8-14)11-26-7-3-6-19(26)28/h2,4-5,8-10,12H,3,6-7,11H2,1H3,(H,25,29). The molecule has 0 aromatic heterocycles. The van der Waals surface area contributed by atoms with E-state index < -0.39 is 23.8 Å². The molecule has 0 aliphatic carbocycles. The summed E-state index contributed by atoms with van der Waals surface area (Å²) in [6.45, 7) is 2.67. The Morgan fingerprint density at radius 3 is 2.29 bits per heavy atom. The van der Waals surface area contributed by atoms with Gasteiger partial charge in [-0.2, -0.15) is 0 Å². The van der Waals surface area contributed by atoms with Crippen LogP contribution in [-0.4, -0.2) is 46.0 Å². The van der Waals surface area contributed by atoms with Crippen molar-refractivity contribution in [2.75, 3.05) is 11.9 Å². The molecule has 31 heavy (non-hydrogen) atoms. The molecule has 7 nitrogen and oxygen atoms in total. The van der Waals surface area contributed by atoms with Crippen LogP contribution in [0, 0.1) is 0 Å². The number of benzene rings is 2. The van der Waals surface area contributed by atoms with E-state index in [4.69, 9.17) is 23.2 Å². The minimum atomic E-state index is -1.05. The third-order valence-corrected chi connectivity index (χ3v) is 6.19. The van der Waals surface area contributed by atoms with Crippen molar-refractivity contribution >= 4 is 52.5 Å². The summed E-state index contributed by atoms with van der Waals surface area (Å²) in [5.41, 5.74) is 1.64. The summed E-state index contributed by atoms with van der Waals surface area (Å²) in [6, 6.07) is 8.78. The van der Waals surface area contributed by atoms with Gasteiger partial charge in [0.1, 0.15) is 6.04 Å². The molecule has 1 unspecified atom stereocenters. The van der Waals surface area contributed by atoms with E-state index in [-0.39, 0.29) is 27.1 Å². The van der Waals surface area contributed by atoms with Crippen molar-refractivity contribution < 1.29 is 19.2 Å². The molecular formula is C22H19Cl2N3O4. The number of halogens is 2. The van der Waals surface area contributed by atoms with E-state index >= 15 is 0 Å². The van der Waals surface area contributed by atoms with Crippen LogP contribution in [0.3, 0.4) is 0 Å². The molecular weight excluding hydrogens is 441 g/mol. The molecule has 4 rings (SSSR count). The van der Waals surface area contributed by atoms with Gasteiger partial charge in [0, 0.05) is 25.2 Å². The van der Waals surface area contributed by atoms with E-state index in [9.17, 15) is 19.2 Å². The van der Waals surface area contributed by atoms with Crippen LogP contribution in [0.4, 0.5) is 5.69 Å². The van der Waals surface area contributed by atoms with Crippen LogP contribution in [-0.2, 0) is 16.1 Å². The van der Waals surface area contributed by atoms with Gasteiger partial charge in [0.2, 0.25) is 11.8 Å². The predicted molar refractivity (Wildman–Crippen MR) is 116 cm³/mol. The van der Waals surface area contributed by atoms with Crippen molar-refractivity contribution in [2.45, 2.75) is 32.4 Å². The van der Waals surface area contributed by atoms with Crippen molar-refractivity contribution in [3.63, 3.8) is 0 Å². The van der Waals surface area contributed by atoms with Crippen LogP contribution < -0.4 is 5.32 Å². The first-order valence-corrected chi connectivity index (χ1v) is 10.6. The summed E-state index contributed by atoms with van der Waals surface area (Å²) in [4.78, 5) is 52.8. The van der Waals surface area contributed by atoms with Crippen LogP contribution in [0.15, 0.2) is 36.4 Å². The third kappa shape index (κ3) is 4.03. The number of imide groups is 1. The van der Waals surface area contributed by atoms with E-state index in [1.54, 1.807) is 23.1 Å². The third-order valence-electron chi connectivity index (χ3n) is 5.46. The van der Waals surface area contributed by atoms with Crippen LogP contribution >= 0.6 is 23.2 Å². The average molecular weight is 460 g/mol. The maximum absolute atomic E-state index is 12.8. The Labute approximate surface area is 188 Å². The Bertz CT molecular complexity index is 1080. The smallest absolute Gasteiger partial charge is 0.262 e. The van der Waals surface area contributed by atoms with Gasteiger partial charge in [-0.25, -0.2) is 0 Å². The molecule has 1 N–H and O–H groups in total. The summed E-state index contributed by atoms with van der Waals surface area (Å²) in [6.07, 6.45) is 1.41. The maximum Gasteiger partial charge on any atom is 0.262 e. The second kappa shape index (κ2) is 8.32. The zero-order valence-corrected chi connectivity index (χ0v) is 18.2. The molecule has 2 heterocycles. The molecule has 2 aliphatic heterocycles. The number of amides is 4. The first-order valence-electron chi connectivity index (χ1n) is 9.81. The van der Waals surface area contributed by atoms with E-state index in [1.807, 2.05) is 6.07 Å². The number of nitrogens with zero attached hydrogens (tertiary/aromatic N) is 2. The van der Waals surface area contributed by atoms with Gasteiger partial charge in [-0.15, -0.1) is 0 Å². The van der Waals surface area contributed by atoms with Crippen molar-refractivity contribution in [2.24, 2.45) is 0 Å². The molecule has 0 bridgehead atoms. The molecule has 4 amide bonds. The summed E-state index contributed by atoms with van der Waals surface area (Å²) in [5, 5.41) is 3.07. The number of carbonyl (C=O) groups is 4. The number of rotatable bonds is 5. The highest BCUT2D eigenvalue weighted by Crippen LogP contribution is 2.32. The lowest BCUT2D eigenvalue weighted by atomic mass is 10.1. The first kappa shape index (κ1) is 21.3. The van der Waals surface area contributed by atoms with Crippen molar-refractivity contribution in [1.82, 2.24) is 9.80 Å². The minimum Gasteiger partial charge on any atom is -0.338 e. The number of carbonyl (C=O) groups excluding carboxylic acids is 4. The molecule has 1 saturated heterocycles. The van der Waals surface area contributed by atoms with Crippen LogP contribution in [0.5, 0.6) is 0 Å². The number of fused-ring (bicyclic) bond motifs is 1. The molecule has 1 atom stereocenters. The van der Waals surface area contributed by atoms with Crippen molar-refractivity contribution in [3.8, 4) is 0 Å². The van der Waals surface area contributed by atoms with Crippen LogP contribution in [0.2, 0.25) is 10.0 Å². The van der Waals surface area contributed by atoms with E-state index in [0.29, 0.717) is 18.7 Å². The van der Waals surface area contributed by atoms with Crippen LogP contribution in [0.25, 0.3) is 0 Å². The number of anilines is 1. The largest absolute Gasteiger partial charge is 0.338 e. The van der Waals surface area contributed by atoms with Gasteiger partial charge in [-0.3, -0.25) is 24.1 Å². The molecule has 0 saturated carbocycles. The van der Waals surface area contributed by atoms with Gasteiger partial charge >= 0.3 is 0 Å². The van der Waals surface area contributed by atoms with E-state index in [1.165, 1.54) is 19.1 Å². The molecule has 160 valence electrons. The zero-order chi connectivity index (χ0) is 22.3. The van der Waals surface area contributed by atoms with Gasteiger partial charge in [-0.05, 0) is 43.2 Å². The van der Waals surface area contributed by atoms with Gasteiger partial charge in [-0.1, -0.05) is 35.3 Å². The number of hydrogen-bond acceptors (Lipinski definition) is 4. The zero-order valence-electron chi connectivity index (χ0n) is 16.7. The average Bonchev–Trinajstić information content (AvgIpc) is 3.23. The second-order valence-electron chi connectivity index (χ2n) is 7.58. The highest BCUT2D eigenvalue weighted by atomic mass is 35.5. The van der Waals surface area contributed by atoms with Gasteiger partial charge in [0.05, 0.1) is 21.2 Å². The van der Waals surface area contributed by atoms with Crippen LogP contribution in [0.1, 0.15) is 46.0 Å². The summed E-state index contributed by atoms with van der Waals surface area (Å²) in [7, 11) is 0. The van der Waals surface area contributed by atoms with Crippen molar-refractivity contribution in [1.29, 1.82) is 0 Å². The summed E-state index contributed by atoms with van der Waals surface area (Å²) in [5.74, 6) is -1.58. The fourth-order valence-corrected chi connectivity index (χ4v) is 4.13. The highest BCUT2D eigenvalue weighted by molar-refractivity contribution is 6.43. The normalized spacial score (nSPS) is 16.7. The molecule has 1 fully saturated rings. The summed E-state index contributed by atoms with van der Waals surface area (Å²) < 4.78 is 0. The minimum absolute atomic E-state index is 0.119. The lowest BCUT2D eigenvalue weighted by Crippen LogP contribution is -2.45. The van der Waals surface area contributed by atoms with E-state index in [0.717, 1.165) is 23.4 Å². The van der Waals surface area contributed by atoms with E-state index in [2.05, 4.69) is 5.32 Å². The quantitative estimate of drug-likeness (QED) is 0.689. The maximum atomic E-state index is 12.8. The Kier molecular flexibility index (Phi) is 5.73. The van der Waals surface area contributed by atoms with Crippen molar-refractivity contribution in [3.05, 3.63) is 63.1 Å². The first-order chi connectivity index (χ1) is 14.8. The van der Waals surface area contributed by atoms with Gasteiger partial charge in [0.15, 0.2) is 0 Å². The predicted octanol–water partition coefficient (Wildman–Crippen LogP) is 3.74. The molecule has 0 spiro atoms. The highest BCUT2D eigenvalue weighted by Gasteiger charge is 2.41. The molecule has 2 aromatic carbocycles. The fraction of sp³-hybridized carbons (Fsp3) is 0.273. The second-order valence-corrected chi connectivity index (χ2v) is 8.39. The topological polar surface area (TPSA) is 86.8 Å². The number of likely N-dealkylation sites (tertiary alicyclic amines) is 1. The Balaban J connectivity index is 1.48. The monoisotopic (exact) mass is 459 g/mol. The van der Waals surface area contributed by atoms with Gasteiger partial charge < -0.3 is 10.2 Å². The molecule has 9 heteroatoms. The lowest BCUT2D eigenvalue weighted by molar-refractivity contribution is -0.128. The SMILES string of the molecule is CC(C(=O)Nc1cccc(CN2CCCC2=O)c1)N1C(=O)c2cc(Cl)c(Cl)cc2C1=O. The molecule has 2 aliphatic rings. The molecule has 0 radical (unpaired) electrons. The summed E-state index contributed by atoms with van der Waals surface area (Å²) >= 11 is 11.9. The lowest BCUT2D eigenvalue weighted by Gasteiger charge is -2.22. The number of nitrogens with one attached hydrogen (secondary N) is 1. The Morgan fingerprint density at radius 2 is 1.71 bits per heavy atom. The molecule has 2 aromatic rings. The Morgan fingerprint density at radius 1 is 1.06 bits per heavy atom. The Hall–Kier alpha value is -2.90. The fourth-order valence-electron chi connectivity index (χ4n) is 3.81. The number of hydrogen-bond donors (Lipinski definition) is 1.